The zero-order valence-corrected chi connectivity index (χ0v) is 22.2. The lowest BCUT2D eigenvalue weighted by molar-refractivity contribution is -0.908. The van der Waals surface area contributed by atoms with Gasteiger partial charge < -0.3 is 31.7 Å². The Kier molecular flexibility index (Phi) is 11.2. The molecule has 3 aromatic rings. The van der Waals surface area contributed by atoms with Crippen LogP contribution in [0.2, 0.25) is 0 Å². The number of anilines is 1. The molecule has 0 fully saturated rings. The summed E-state index contributed by atoms with van der Waals surface area (Å²) in [6.45, 7) is 2.70. The second-order valence-corrected chi connectivity index (χ2v) is 10.0. The van der Waals surface area contributed by atoms with Gasteiger partial charge >= 0.3 is 0 Å². The lowest BCUT2D eigenvalue weighted by Crippen LogP contribution is -2.51. The van der Waals surface area contributed by atoms with Gasteiger partial charge in [-0.15, -0.1) is 0 Å². The van der Waals surface area contributed by atoms with Crippen LogP contribution in [0.25, 0.3) is 10.9 Å². The van der Waals surface area contributed by atoms with Gasteiger partial charge in [0.1, 0.15) is 12.6 Å². The summed E-state index contributed by atoms with van der Waals surface area (Å²) >= 11 is 0. The number of benzene rings is 2. The molecule has 0 bridgehead atoms. The number of amides is 2. The number of rotatable bonds is 15. The number of fused-ring (bicyclic) bond motifs is 1. The summed E-state index contributed by atoms with van der Waals surface area (Å²) in [5.74, 6) is -0.668. The van der Waals surface area contributed by atoms with E-state index in [1.807, 2.05) is 67.7 Å². The lowest BCUT2D eigenvalue weighted by atomic mass is 10.0. The molecule has 0 aliphatic carbocycles. The highest BCUT2D eigenvalue weighted by Crippen LogP contribution is 2.17. The molecule has 0 saturated carbocycles. The Labute approximate surface area is 224 Å². The fourth-order valence-electron chi connectivity index (χ4n) is 4.58. The van der Waals surface area contributed by atoms with Crippen molar-refractivity contribution in [2.24, 2.45) is 11.5 Å². The van der Waals surface area contributed by atoms with Crippen molar-refractivity contribution in [3.05, 3.63) is 72.4 Å². The molecule has 1 aromatic heterocycles. The van der Waals surface area contributed by atoms with E-state index in [0.717, 1.165) is 29.6 Å². The van der Waals surface area contributed by atoms with Gasteiger partial charge in [-0.2, -0.15) is 0 Å². The monoisotopic (exact) mass is 521 g/mol. The molecular weight excluding hydrogens is 480 g/mol. The number of aliphatic hydroxyl groups is 1. The maximum absolute atomic E-state index is 13.3. The van der Waals surface area contributed by atoms with E-state index in [2.05, 4.69) is 15.6 Å². The summed E-state index contributed by atoms with van der Waals surface area (Å²) in [6.07, 6.45) is 3.84. The highest BCUT2D eigenvalue weighted by atomic mass is 16.3. The molecule has 9 heteroatoms. The number of aryl methyl sites for hydroxylation is 1. The van der Waals surface area contributed by atoms with Crippen LogP contribution in [0.15, 0.2) is 66.9 Å². The Balaban J connectivity index is 1.63. The zero-order valence-electron chi connectivity index (χ0n) is 22.2. The molecular formula is C29H41N6O3+. The number of carbonyl (C=O) groups is 2. The molecule has 2 amide bonds. The van der Waals surface area contributed by atoms with Crippen molar-refractivity contribution in [3.63, 3.8) is 0 Å². The largest absolute Gasteiger partial charge is 0.391 e. The van der Waals surface area contributed by atoms with E-state index >= 15 is 0 Å². The van der Waals surface area contributed by atoms with Crippen LogP contribution < -0.4 is 22.1 Å². The Morgan fingerprint density at radius 1 is 1.00 bits per heavy atom. The number of quaternary nitrogens is 1. The number of para-hydroxylation sites is 1. The predicted octanol–water partition coefficient (Wildman–Crippen LogP) is 1.80. The van der Waals surface area contributed by atoms with Gasteiger partial charge in [0.2, 0.25) is 11.8 Å². The minimum Gasteiger partial charge on any atom is -0.391 e. The Hall–Kier alpha value is -3.37. The SMILES string of the molecule is C[N+](CCN)(CCO)CCC[C@H](N)C(=O)N[C@H](CCc1ccccc1)C(=O)Nc1cnc2ccccc2c1. The van der Waals surface area contributed by atoms with Crippen molar-refractivity contribution in [2.75, 3.05) is 45.2 Å². The summed E-state index contributed by atoms with van der Waals surface area (Å²) in [4.78, 5) is 30.7. The number of pyridine rings is 1. The molecule has 0 radical (unpaired) electrons. The molecule has 38 heavy (non-hydrogen) atoms. The maximum Gasteiger partial charge on any atom is 0.247 e. The minimum atomic E-state index is -0.757. The number of hydrogen-bond acceptors (Lipinski definition) is 6. The van der Waals surface area contributed by atoms with E-state index in [0.29, 0.717) is 48.9 Å². The minimum absolute atomic E-state index is 0.0774. The van der Waals surface area contributed by atoms with Gasteiger partial charge in [-0.3, -0.25) is 14.6 Å². The quantitative estimate of drug-likeness (QED) is 0.193. The van der Waals surface area contributed by atoms with E-state index < -0.39 is 12.1 Å². The van der Waals surface area contributed by atoms with Crippen LogP contribution in [-0.4, -0.2) is 78.3 Å². The van der Waals surface area contributed by atoms with Crippen LogP contribution in [0.4, 0.5) is 5.69 Å². The van der Waals surface area contributed by atoms with Crippen molar-refractivity contribution in [3.8, 4) is 0 Å². The second-order valence-electron chi connectivity index (χ2n) is 10.0. The number of nitrogens with one attached hydrogen (secondary N) is 2. The number of nitrogens with two attached hydrogens (primary N) is 2. The molecule has 7 N–H and O–H groups in total. The van der Waals surface area contributed by atoms with Crippen molar-refractivity contribution in [1.82, 2.24) is 10.3 Å². The normalized spacial score (nSPS) is 14.4. The molecule has 0 saturated heterocycles. The highest BCUT2D eigenvalue weighted by molar-refractivity contribution is 5.98. The van der Waals surface area contributed by atoms with Gasteiger partial charge in [0.15, 0.2) is 0 Å². The smallest absolute Gasteiger partial charge is 0.247 e. The van der Waals surface area contributed by atoms with Crippen LogP contribution >= 0.6 is 0 Å². The number of hydrogen-bond donors (Lipinski definition) is 5. The van der Waals surface area contributed by atoms with Gasteiger partial charge in [-0.25, -0.2) is 0 Å². The van der Waals surface area contributed by atoms with E-state index in [1.54, 1.807) is 6.20 Å². The molecule has 0 spiro atoms. The first-order chi connectivity index (χ1) is 18.3. The summed E-state index contributed by atoms with van der Waals surface area (Å²) in [5.41, 5.74) is 14.4. The molecule has 204 valence electrons. The first-order valence-electron chi connectivity index (χ1n) is 13.2. The average Bonchev–Trinajstić information content (AvgIpc) is 2.91. The molecule has 1 unspecified atom stereocenters. The van der Waals surface area contributed by atoms with E-state index in [1.165, 1.54) is 0 Å². The lowest BCUT2D eigenvalue weighted by Gasteiger charge is -2.34. The van der Waals surface area contributed by atoms with Crippen LogP contribution in [0, 0.1) is 0 Å². The molecule has 9 nitrogen and oxygen atoms in total. The first kappa shape index (κ1) is 29.2. The third-order valence-corrected chi connectivity index (χ3v) is 6.91. The van der Waals surface area contributed by atoms with Crippen molar-refractivity contribution in [2.45, 2.75) is 37.8 Å². The highest BCUT2D eigenvalue weighted by Gasteiger charge is 2.25. The number of carbonyl (C=O) groups excluding carboxylic acids is 2. The summed E-state index contributed by atoms with van der Waals surface area (Å²) in [6, 6.07) is 17.9. The molecule has 2 aromatic carbocycles. The van der Waals surface area contributed by atoms with Gasteiger partial charge in [-0.1, -0.05) is 48.5 Å². The van der Waals surface area contributed by atoms with Crippen LogP contribution in [-0.2, 0) is 16.0 Å². The Bertz CT molecular complexity index is 1170. The summed E-state index contributed by atoms with van der Waals surface area (Å²) in [5, 5.41) is 16.1. The number of aliphatic hydroxyl groups excluding tert-OH is 1. The Morgan fingerprint density at radius 3 is 2.47 bits per heavy atom. The molecule has 0 aliphatic heterocycles. The van der Waals surface area contributed by atoms with E-state index in [4.69, 9.17) is 11.5 Å². The van der Waals surface area contributed by atoms with Crippen LogP contribution in [0.1, 0.15) is 24.8 Å². The molecule has 1 heterocycles. The zero-order chi connectivity index (χ0) is 27.4. The number of aromatic nitrogens is 1. The van der Waals surface area contributed by atoms with Crippen molar-refractivity contribution in [1.29, 1.82) is 0 Å². The Morgan fingerprint density at radius 2 is 1.74 bits per heavy atom. The van der Waals surface area contributed by atoms with Crippen molar-refractivity contribution < 1.29 is 19.2 Å². The van der Waals surface area contributed by atoms with E-state index in [9.17, 15) is 14.7 Å². The van der Waals surface area contributed by atoms with Crippen LogP contribution in [0.5, 0.6) is 0 Å². The molecule has 0 aliphatic rings. The van der Waals surface area contributed by atoms with Crippen LogP contribution in [0.3, 0.4) is 0 Å². The van der Waals surface area contributed by atoms with Gasteiger partial charge in [-0.05, 0) is 43.4 Å². The standard InChI is InChI=1S/C29H40N6O3/c1-35(17-15-30,18-19-36)16-7-11-25(31)28(37)34-27(14-13-22-8-3-2-4-9-22)29(38)33-24-20-23-10-5-6-12-26(23)32-21-24/h2-6,8-10,12,20-21,25,27,36H,7,11,13-19,30-31H2,1H3,(H-,33,34,37,38)/p+1/t25-,27+,35?/m0/s1. The summed E-state index contributed by atoms with van der Waals surface area (Å²) in [7, 11) is 2.04. The van der Waals surface area contributed by atoms with Gasteiger partial charge in [0.25, 0.3) is 0 Å². The van der Waals surface area contributed by atoms with Crippen molar-refractivity contribution >= 4 is 28.4 Å². The molecule has 3 rings (SSSR count). The third kappa shape index (κ3) is 8.88. The number of likely N-dealkylation sites (N-methyl/N-ethyl adjacent to an activating group) is 1. The number of nitrogens with zero attached hydrogens (tertiary/aromatic N) is 2. The van der Waals surface area contributed by atoms with E-state index in [-0.39, 0.29) is 18.4 Å². The fourth-order valence-corrected chi connectivity index (χ4v) is 4.58. The predicted molar refractivity (Wildman–Crippen MR) is 151 cm³/mol. The molecule has 3 atom stereocenters. The maximum atomic E-state index is 13.3. The van der Waals surface area contributed by atoms with Gasteiger partial charge in [0.05, 0.1) is 50.2 Å². The fraction of sp³-hybridized carbons (Fsp3) is 0.414. The second kappa shape index (κ2) is 14.5. The first-order valence-corrected chi connectivity index (χ1v) is 13.2. The summed E-state index contributed by atoms with van der Waals surface area (Å²) < 4.78 is 0.628. The average molecular weight is 522 g/mol. The van der Waals surface area contributed by atoms with Gasteiger partial charge in [0, 0.05) is 11.9 Å². The third-order valence-electron chi connectivity index (χ3n) is 6.91. The topological polar surface area (TPSA) is 143 Å².